The van der Waals surface area contributed by atoms with Crippen LogP contribution in [0, 0.1) is 17.6 Å². The normalized spacial score (nSPS) is 17.5. The molecule has 0 radical (unpaired) electrons. The van der Waals surface area contributed by atoms with Crippen LogP contribution in [0.4, 0.5) is 19.3 Å². The maximum atomic E-state index is 14.0. The largest absolute Gasteiger partial charge is 0.449 e. The van der Waals surface area contributed by atoms with Gasteiger partial charge in [-0.25, -0.2) is 13.6 Å². The first-order valence-corrected chi connectivity index (χ1v) is 8.19. The van der Waals surface area contributed by atoms with Gasteiger partial charge in [0.15, 0.2) is 0 Å². The summed E-state index contributed by atoms with van der Waals surface area (Å²) in [5, 5.41) is 2.59. The molecule has 1 saturated heterocycles. The Morgan fingerprint density at radius 1 is 1.24 bits per heavy atom. The van der Waals surface area contributed by atoms with E-state index in [2.05, 4.69) is 10.2 Å². The van der Waals surface area contributed by atoms with Gasteiger partial charge >= 0.3 is 6.09 Å². The number of rotatable bonds is 4. The average molecular weight is 346 g/mol. The lowest BCUT2D eigenvalue weighted by Crippen LogP contribution is -2.21. The lowest BCUT2D eigenvalue weighted by molar-refractivity contribution is 0.142. The molecule has 132 valence electrons. The van der Waals surface area contributed by atoms with E-state index in [9.17, 15) is 13.6 Å². The van der Waals surface area contributed by atoms with E-state index >= 15 is 0 Å². The van der Waals surface area contributed by atoms with Crippen LogP contribution in [0.2, 0.25) is 0 Å². The summed E-state index contributed by atoms with van der Waals surface area (Å²) in [6.07, 6.45) is 0.361. The highest BCUT2D eigenvalue weighted by Crippen LogP contribution is 2.31. The van der Waals surface area contributed by atoms with Crippen molar-refractivity contribution in [3.8, 4) is 11.1 Å². The highest BCUT2D eigenvalue weighted by Gasteiger charge is 2.21. The van der Waals surface area contributed by atoms with Crippen molar-refractivity contribution in [3.63, 3.8) is 0 Å². The molecule has 0 aromatic heterocycles. The van der Waals surface area contributed by atoms with Crippen LogP contribution in [0.1, 0.15) is 6.42 Å². The van der Waals surface area contributed by atoms with Gasteiger partial charge < -0.3 is 9.64 Å². The molecule has 3 rings (SSSR count). The van der Waals surface area contributed by atoms with E-state index in [1.165, 1.54) is 30.3 Å². The van der Waals surface area contributed by atoms with Gasteiger partial charge in [-0.3, -0.25) is 5.32 Å². The second kappa shape index (κ2) is 7.61. The summed E-state index contributed by atoms with van der Waals surface area (Å²) >= 11 is 0. The van der Waals surface area contributed by atoms with Crippen LogP contribution < -0.4 is 5.32 Å². The summed E-state index contributed by atoms with van der Waals surface area (Å²) in [5.74, 6) is -0.681. The minimum Gasteiger partial charge on any atom is -0.449 e. The minimum atomic E-state index is -0.626. The smallest absolute Gasteiger partial charge is 0.411 e. The summed E-state index contributed by atoms with van der Waals surface area (Å²) in [6.45, 7) is 2.21. The van der Waals surface area contributed by atoms with Gasteiger partial charge in [-0.2, -0.15) is 0 Å². The van der Waals surface area contributed by atoms with Crippen molar-refractivity contribution in [2.24, 2.45) is 5.92 Å². The minimum absolute atomic E-state index is 0.217. The first-order valence-electron chi connectivity index (χ1n) is 8.19. The molecule has 1 fully saturated rings. The molecule has 6 heteroatoms. The Morgan fingerprint density at radius 2 is 2.04 bits per heavy atom. The second-order valence-corrected chi connectivity index (χ2v) is 6.31. The number of carbonyl (C=O) groups excluding carboxylic acids is 1. The molecule has 0 bridgehead atoms. The number of nitrogens with zero attached hydrogens (tertiary/aromatic N) is 1. The molecule has 1 heterocycles. The van der Waals surface area contributed by atoms with Crippen LogP contribution in [0.25, 0.3) is 11.1 Å². The molecule has 0 unspecified atom stereocenters. The molecular formula is C19H20F2N2O2. The monoisotopic (exact) mass is 346 g/mol. The maximum Gasteiger partial charge on any atom is 0.411 e. The summed E-state index contributed by atoms with van der Waals surface area (Å²) in [6, 6.07) is 9.85. The van der Waals surface area contributed by atoms with E-state index < -0.39 is 17.7 Å². The third-order valence-corrected chi connectivity index (χ3v) is 4.32. The zero-order chi connectivity index (χ0) is 17.8. The van der Waals surface area contributed by atoms with Gasteiger partial charge in [-0.1, -0.05) is 18.2 Å². The molecule has 0 saturated carbocycles. The van der Waals surface area contributed by atoms with Crippen LogP contribution in [-0.4, -0.2) is 37.7 Å². The number of ether oxygens (including phenoxy) is 1. The molecule has 2 aromatic rings. The average Bonchev–Trinajstić information content (AvgIpc) is 3.01. The summed E-state index contributed by atoms with van der Waals surface area (Å²) in [7, 11) is 2.03. The zero-order valence-electron chi connectivity index (χ0n) is 14.0. The number of amides is 1. The first-order chi connectivity index (χ1) is 12.0. The van der Waals surface area contributed by atoms with Crippen molar-refractivity contribution in [1.29, 1.82) is 0 Å². The van der Waals surface area contributed by atoms with Crippen LogP contribution in [0.5, 0.6) is 0 Å². The van der Waals surface area contributed by atoms with E-state index in [1.807, 2.05) is 7.05 Å². The van der Waals surface area contributed by atoms with Crippen molar-refractivity contribution in [2.45, 2.75) is 6.42 Å². The van der Waals surface area contributed by atoms with Crippen LogP contribution in [0.3, 0.4) is 0 Å². The molecule has 1 amide bonds. The molecule has 1 aliphatic heterocycles. The Hall–Kier alpha value is -2.47. The molecule has 25 heavy (non-hydrogen) atoms. The molecular weight excluding hydrogens is 326 g/mol. The van der Waals surface area contributed by atoms with Gasteiger partial charge in [0.1, 0.15) is 11.6 Å². The van der Waals surface area contributed by atoms with Crippen molar-refractivity contribution in [3.05, 3.63) is 54.1 Å². The Balaban J connectivity index is 1.72. The fourth-order valence-corrected chi connectivity index (χ4v) is 3.03. The van der Waals surface area contributed by atoms with E-state index in [0.29, 0.717) is 18.2 Å². The van der Waals surface area contributed by atoms with Gasteiger partial charge in [0.25, 0.3) is 0 Å². The number of anilines is 1. The van der Waals surface area contributed by atoms with Gasteiger partial charge in [0, 0.05) is 23.6 Å². The molecule has 4 nitrogen and oxygen atoms in total. The van der Waals surface area contributed by atoms with E-state index in [-0.39, 0.29) is 11.1 Å². The first kappa shape index (κ1) is 17.4. The SMILES string of the molecule is CN1CC[C@@H](COC(=O)Nc2ccc(F)cc2-c2ccccc2F)C1. The number of carbonyl (C=O) groups is 1. The third kappa shape index (κ3) is 4.33. The van der Waals surface area contributed by atoms with Crippen molar-refractivity contribution in [1.82, 2.24) is 4.90 Å². The Kier molecular flexibility index (Phi) is 5.28. The third-order valence-electron chi connectivity index (χ3n) is 4.32. The number of likely N-dealkylation sites (tertiary alicyclic amines) is 1. The van der Waals surface area contributed by atoms with E-state index in [0.717, 1.165) is 19.5 Å². The molecule has 0 aliphatic carbocycles. The van der Waals surface area contributed by atoms with Gasteiger partial charge in [0.2, 0.25) is 0 Å². The van der Waals surface area contributed by atoms with Gasteiger partial charge in [-0.05, 0) is 44.3 Å². The topological polar surface area (TPSA) is 41.6 Å². The standard InChI is InChI=1S/C19H20F2N2O2/c1-23-9-8-13(11-23)12-25-19(24)22-18-7-6-14(20)10-16(18)15-4-2-3-5-17(15)21/h2-7,10,13H,8-9,11-12H2,1H3,(H,22,24)/t13-/m1/s1. The van der Waals surface area contributed by atoms with E-state index in [1.54, 1.807) is 12.1 Å². The predicted molar refractivity (Wildman–Crippen MR) is 92.4 cm³/mol. The molecule has 1 atom stereocenters. The Labute approximate surface area is 145 Å². The Bertz CT molecular complexity index is 767. The lowest BCUT2D eigenvalue weighted by Gasteiger charge is -2.14. The fraction of sp³-hybridized carbons (Fsp3) is 0.316. The van der Waals surface area contributed by atoms with Crippen LogP contribution in [0.15, 0.2) is 42.5 Å². The van der Waals surface area contributed by atoms with Gasteiger partial charge in [0.05, 0.1) is 12.3 Å². The lowest BCUT2D eigenvalue weighted by atomic mass is 10.0. The van der Waals surface area contributed by atoms with Crippen molar-refractivity contribution < 1.29 is 18.3 Å². The van der Waals surface area contributed by atoms with Crippen LogP contribution >= 0.6 is 0 Å². The van der Waals surface area contributed by atoms with Crippen molar-refractivity contribution in [2.75, 3.05) is 32.1 Å². The van der Waals surface area contributed by atoms with Gasteiger partial charge in [-0.15, -0.1) is 0 Å². The Morgan fingerprint density at radius 3 is 2.76 bits per heavy atom. The molecule has 1 aliphatic rings. The number of hydrogen-bond acceptors (Lipinski definition) is 3. The highest BCUT2D eigenvalue weighted by atomic mass is 19.1. The summed E-state index contributed by atoms with van der Waals surface area (Å²) in [4.78, 5) is 14.3. The quantitative estimate of drug-likeness (QED) is 0.905. The second-order valence-electron chi connectivity index (χ2n) is 6.31. The van der Waals surface area contributed by atoms with E-state index in [4.69, 9.17) is 4.74 Å². The highest BCUT2D eigenvalue weighted by molar-refractivity contribution is 5.91. The number of nitrogens with one attached hydrogen (secondary N) is 1. The van der Waals surface area contributed by atoms with Crippen molar-refractivity contribution >= 4 is 11.8 Å². The maximum absolute atomic E-state index is 14.0. The predicted octanol–water partition coefficient (Wildman–Crippen LogP) is 4.13. The molecule has 2 aromatic carbocycles. The fourth-order valence-electron chi connectivity index (χ4n) is 3.03. The molecule has 0 spiro atoms. The number of benzene rings is 2. The summed E-state index contributed by atoms with van der Waals surface area (Å²) in [5.41, 5.74) is 0.797. The number of hydrogen-bond donors (Lipinski definition) is 1. The number of halogens is 2. The molecule has 1 N–H and O–H groups in total. The van der Waals surface area contributed by atoms with Crippen LogP contribution in [-0.2, 0) is 4.74 Å². The summed E-state index contributed by atoms with van der Waals surface area (Å²) < 4.78 is 32.9. The zero-order valence-corrected chi connectivity index (χ0v) is 14.0.